The van der Waals surface area contributed by atoms with Crippen molar-refractivity contribution in [2.45, 2.75) is 26.3 Å². The van der Waals surface area contributed by atoms with Gasteiger partial charge in [0.2, 0.25) is 0 Å². The van der Waals surface area contributed by atoms with Crippen LogP contribution in [-0.4, -0.2) is 53.7 Å². The molecule has 2 N–H and O–H groups in total. The number of nitrogens with zero attached hydrogens (tertiary/aromatic N) is 3. The highest BCUT2D eigenvalue weighted by molar-refractivity contribution is 5.91. The summed E-state index contributed by atoms with van der Waals surface area (Å²) in [6.07, 6.45) is 1.22. The Balaban J connectivity index is 1.81. The highest BCUT2D eigenvalue weighted by atomic mass is 16.1. The molecule has 1 aliphatic rings. The molecule has 2 heterocycles. The van der Waals surface area contributed by atoms with Crippen LogP contribution in [0.1, 0.15) is 30.8 Å². The lowest BCUT2D eigenvalue weighted by Gasteiger charge is -2.20. The summed E-state index contributed by atoms with van der Waals surface area (Å²) >= 11 is 0. The number of rotatable bonds is 5. The van der Waals surface area contributed by atoms with Crippen molar-refractivity contribution in [3.8, 4) is 0 Å². The predicted octanol–water partition coefficient (Wildman–Crippen LogP) is 0.978. The molecule has 110 valence electrons. The fraction of sp³-hybridized carbons (Fsp3) is 0.643. The van der Waals surface area contributed by atoms with Crippen molar-refractivity contribution >= 4 is 11.7 Å². The predicted molar refractivity (Wildman–Crippen MR) is 78.7 cm³/mol. The summed E-state index contributed by atoms with van der Waals surface area (Å²) in [7, 11) is 1.58. The van der Waals surface area contributed by atoms with Crippen molar-refractivity contribution in [3.05, 3.63) is 17.8 Å². The average Bonchev–Trinajstić information content (AvgIpc) is 2.94. The van der Waals surface area contributed by atoms with E-state index in [4.69, 9.17) is 0 Å². The summed E-state index contributed by atoms with van der Waals surface area (Å²) in [6.45, 7) is 7.68. The number of anilines is 1. The number of likely N-dealkylation sites (tertiary alicyclic amines) is 1. The van der Waals surface area contributed by atoms with E-state index in [1.54, 1.807) is 19.2 Å². The van der Waals surface area contributed by atoms with Gasteiger partial charge in [-0.25, -0.2) is 0 Å². The first-order chi connectivity index (χ1) is 9.60. The van der Waals surface area contributed by atoms with Gasteiger partial charge >= 0.3 is 0 Å². The van der Waals surface area contributed by atoms with Crippen LogP contribution in [0.2, 0.25) is 0 Å². The van der Waals surface area contributed by atoms with Gasteiger partial charge in [-0.2, -0.15) is 0 Å². The Morgan fingerprint density at radius 1 is 1.45 bits per heavy atom. The van der Waals surface area contributed by atoms with Gasteiger partial charge < -0.3 is 15.5 Å². The summed E-state index contributed by atoms with van der Waals surface area (Å²) in [5.41, 5.74) is 0.338. The molecule has 1 fully saturated rings. The minimum absolute atomic E-state index is 0.215. The maximum absolute atomic E-state index is 11.4. The molecule has 0 radical (unpaired) electrons. The Labute approximate surface area is 120 Å². The van der Waals surface area contributed by atoms with Crippen LogP contribution in [-0.2, 0) is 0 Å². The minimum Gasteiger partial charge on any atom is -0.368 e. The maximum atomic E-state index is 11.4. The van der Waals surface area contributed by atoms with Crippen molar-refractivity contribution in [1.29, 1.82) is 0 Å². The molecule has 1 atom stereocenters. The molecule has 1 aliphatic heterocycles. The van der Waals surface area contributed by atoms with E-state index in [1.165, 1.54) is 13.0 Å². The summed E-state index contributed by atoms with van der Waals surface area (Å²) in [5, 5.41) is 13.8. The highest BCUT2D eigenvalue weighted by Gasteiger charge is 2.23. The number of hydrogen-bond acceptors (Lipinski definition) is 5. The summed E-state index contributed by atoms with van der Waals surface area (Å²) in [6, 6.07) is 4.10. The first kappa shape index (κ1) is 14.7. The average molecular weight is 277 g/mol. The van der Waals surface area contributed by atoms with Gasteiger partial charge in [0.25, 0.3) is 5.91 Å². The van der Waals surface area contributed by atoms with E-state index in [-0.39, 0.29) is 5.91 Å². The molecule has 0 aromatic carbocycles. The number of hydrogen-bond donors (Lipinski definition) is 2. The molecule has 2 rings (SSSR count). The molecule has 0 spiro atoms. The number of aromatic nitrogens is 2. The van der Waals surface area contributed by atoms with Crippen molar-refractivity contribution in [2.24, 2.45) is 5.92 Å². The van der Waals surface area contributed by atoms with E-state index >= 15 is 0 Å². The SMILES string of the molecule is CNC(=O)c1ccc(NCC2CCN(C(C)C)C2)nn1. The van der Waals surface area contributed by atoms with Crippen LogP contribution in [0.15, 0.2) is 12.1 Å². The van der Waals surface area contributed by atoms with Gasteiger partial charge in [-0.05, 0) is 44.9 Å². The summed E-state index contributed by atoms with van der Waals surface area (Å²) in [5.74, 6) is 1.16. The van der Waals surface area contributed by atoms with Crippen LogP contribution in [0.3, 0.4) is 0 Å². The molecule has 6 nitrogen and oxygen atoms in total. The topological polar surface area (TPSA) is 70.2 Å². The quantitative estimate of drug-likeness (QED) is 0.839. The summed E-state index contributed by atoms with van der Waals surface area (Å²) in [4.78, 5) is 13.8. The normalized spacial score (nSPS) is 19.3. The zero-order valence-corrected chi connectivity index (χ0v) is 12.4. The van der Waals surface area contributed by atoms with E-state index in [1.807, 2.05) is 0 Å². The van der Waals surface area contributed by atoms with Crippen LogP contribution in [0, 0.1) is 5.92 Å². The minimum atomic E-state index is -0.215. The maximum Gasteiger partial charge on any atom is 0.271 e. The molecule has 1 unspecified atom stereocenters. The van der Waals surface area contributed by atoms with Gasteiger partial charge in [-0.3, -0.25) is 4.79 Å². The first-order valence-corrected chi connectivity index (χ1v) is 7.14. The van der Waals surface area contributed by atoms with Gasteiger partial charge in [-0.15, -0.1) is 10.2 Å². The lowest BCUT2D eigenvalue weighted by atomic mass is 10.1. The van der Waals surface area contributed by atoms with Crippen molar-refractivity contribution in [2.75, 3.05) is 32.0 Å². The van der Waals surface area contributed by atoms with Gasteiger partial charge in [0.05, 0.1) is 0 Å². The second-order valence-electron chi connectivity index (χ2n) is 5.51. The van der Waals surface area contributed by atoms with E-state index in [0.29, 0.717) is 17.7 Å². The molecule has 0 bridgehead atoms. The van der Waals surface area contributed by atoms with Crippen molar-refractivity contribution in [3.63, 3.8) is 0 Å². The monoisotopic (exact) mass is 277 g/mol. The zero-order chi connectivity index (χ0) is 14.5. The molecule has 1 amide bonds. The van der Waals surface area contributed by atoms with Gasteiger partial charge in [0.1, 0.15) is 5.82 Å². The van der Waals surface area contributed by atoms with Gasteiger partial charge in [-0.1, -0.05) is 0 Å². The fourth-order valence-corrected chi connectivity index (χ4v) is 2.42. The molecule has 20 heavy (non-hydrogen) atoms. The van der Waals surface area contributed by atoms with Crippen LogP contribution in [0.25, 0.3) is 0 Å². The van der Waals surface area contributed by atoms with Crippen LogP contribution in [0.5, 0.6) is 0 Å². The van der Waals surface area contributed by atoms with Crippen molar-refractivity contribution < 1.29 is 4.79 Å². The number of carbonyl (C=O) groups excluding carboxylic acids is 1. The Morgan fingerprint density at radius 2 is 2.25 bits per heavy atom. The van der Waals surface area contributed by atoms with Gasteiger partial charge in [0, 0.05) is 26.2 Å². The standard InChI is InChI=1S/C14H23N5O/c1-10(2)19-7-6-11(9-19)8-16-13-5-4-12(17-18-13)14(20)15-3/h4-5,10-11H,6-9H2,1-3H3,(H,15,20)(H,16,18). The number of carbonyl (C=O) groups is 1. The zero-order valence-electron chi connectivity index (χ0n) is 12.4. The third-order valence-electron chi connectivity index (χ3n) is 3.74. The number of amides is 1. The third-order valence-corrected chi connectivity index (χ3v) is 3.74. The van der Waals surface area contributed by atoms with Crippen LogP contribution >= 0.6 is 0 Å². The second-order valence-corrected chi connectivity index (χ2v) is 5.51. The first-order valence-electron chi connectivity index (χ1n) is 7.14. The van der Waals surface area contributed by atoms with Crippen molar-refractivity contribution in [1.82, 2.24) is 20.4 Å². The number of nitrogens with one attached hydrogen (secondary N) is 2. The van der Waals surface area contributed by atoms with E-state index in [0.717, 1.165) is 18.9 Å². The smallest absolute Gasteiger partial charge is 0.271 e. The lowest BCUT2D eigenvalue weighted by molar-refractivity contribution is 0.0957. The molecule has 1 saturated heterocycles. The largest absolute Gasteiger partial charge is 0.368 e. The van der Waals surface area contributed by atoms with E-state index < -0.39 is 0 Å². The molecule has 1 aromatic heterocycles. The molecule has 0 saturated carbocycles. The Morgan fingerprint density at radius 3 is 2.80 bits per heavy atom. The Bertz CT molecular complexity index is 445. The van der Waals surface area contributed by atoms with Gasteiger partial charge in [0.15, 0.2) is 5.69 Å². The fourth-order valence-electron chi connectivity index (χ4n) is 2.42. The molecule has 6 heteroatoms. The van der Waals surface area contributed by atoms with Crippen LogP contribution in [0.4, 0.5) is 5.82 Å². The lowest BCUT2D eigenvalue weighted by Crippen LogP contribution is -2.29. The third kappa shape index (κ3) is 3.66. The molecule has 1 aromatic rings. The molecule has 0 aliphatic carbocycles. The summed E-state index contributed by atoms with van der Waals surface area (Å²) < 4.78 is 0. The highest BCUT2D eigenvalue weighted by Crippen LogP contribution is 2.18. The Hall–Kier alpha value is -1.69. The Kier molecular flexibility index (Phi) is 4.89. The van der Waals surface area contributed by atoms with E-state index in [9.17, 15) is 4.79 Å². The molecular formula is C14H23N5O. The van der Waals surface area contributed by atoms with Crippen LogP contribution < -0.4 is 10.6 Å². The van der Waals surface area contributed by atoms with E-state index in [2.05, 4.69) is 39.6 Å². The molecular weight excluding hydrogens is 254 g/mol. The second kappa shape index (κ2) is 6.65.